The highest BCUT2D eigenvalue weighted by Gasteiger charge is 2.29. The minimum absolute atomic E-state index is 0.0662. The molecule has 0 spiro atoms. The molecule has 0 atom stereocenters. The molecule has 4 heteroatoms. The molecule has 1 aliphatic carbocycles. The second kappa shape index (κ2) is 5.88. The molecule has 1 aliphatic rings. The number of nitrogens with one attached hydrogen (secondary N) is 1. The van der Waals surface area contributed by atoms with Crippen LogP contribution < -0.4 is 5.32 Å². The first-order valence-corrected chi connectivity index (χ1v) is 8.48. The maximum absolute atomic E-state index is 12.7. The van der Waals surface area contributed by atoms with Gasteiger partial charge in [-0.2, -0.15) is 0 Å². The molecular formula is C21H19NO3. The molecule has 4 rings (SSSR count). The van der Waals surface area contributed by atoms with E-state index in [1.165, 1.54) is 0 Å². The van der Waals surface area contributed by atoms with Gasteiger partial charge in [0.15, 0.2) is 5.76 Å². The number of benzene rings is 2. The van der Waals surface area contributed by atoms with Crippen LogP contribution in [-0.2, 0) is 4.79 Å². The molecule has 25 heavy (non-hydrogen) atoms. The van der Waals surface area contributed by atoms with Gasteiger partial charge in [-0.05, 0) is 44.9 Å². The average Bonchev–Trinajstić information content (AvgIpc) is 3.41. The van der Waals surface area contributed by atoms with Crippen molar-refractivity contribution in [2.24, 2.45) is 5.92 Å². The van der Waals surface area contributed by atoms with E-state index in [-0.39, 0.29) is 17.6 Å². The van der Waals surface area contributed by atoms with E-state index in [2.05, 4.69) is 5.32 Å². The molecule has 2 aromatic carbocycles. The first-order valence-electron chi connectivity index (χ1n) is 8.48. The molecule has 1 heterocycles. The summed E-state index contributed by atoms with van der Waals surface area (Å²) >= 11 is 0. The van der Waals surface area contributed by atoms with Crippen molar-refractivity contribution in [3.05, 3.63) is 64.9 Å². The number of anilines is 1. The SMILES string of the molecule is Cc1ccc(C(=O)c2oc3ccc(NC(=O)C4CC4)cc3c2C)cc1. The third kappa shape index (κ3) is 2.95. The normalized spacial score (nSPS) is 13.8. The maximum atomic E-state index is 12.7. The van der Waals surface area contributed by atoms with E-state index in [4.69, 9.17) is 4.42 Å². The number of fused-ring (bicyclic) bond motifs is 1. The lowest BCUT2D eigenvalue weighted by Crippen LogP contribution is -2.12. The molecule has 1 aromatic heterocycles. The number of hydrogen-bond donors (Lipinski definition) is 1. The Morgan fingerprint density at radius 2 is 1.76 bits per heavy atom. The van der Waals surface area contributed by atoms with Gasteiger partial charge in [0.05, 0.1) is 0 Å². The van der Waals surface area contributed by atoms with Gasteiger partial charge in [-0.25, -0.2) is 0 Å². The van der Waals surface area contributed by atoms with Crippen molar-refractivity contribution in [1.82, 2.24) is 0 Å². The number of rotatable bonds is 4. The van der Waals surface area contributed by atoms with Crippen LogP contribution in [0.1, 0.15) is 40.1 Å². The van der Waals surface area contributed by atoms with Crippen molar-refractivity contribution in [3.63, 3.8) is 0 Å². The zero-order valence-corrected chi connectivity index (χ0v) is 14.3. The highest BCUT2D eigenvalue weighted by Crippen LogP contribution is 2.32. The second-order valence-electron chi connectivity index (χ2n) is 6.73. The van der Waals surface area contributed by atoms with Gasteiger partial charge in [-0.15, -0.1) is 0 Å². The molecule has 0 saturated heterocycles. The van der Waals surface area contributed by atoms with E-state index < -0.39 is 0 Å². The summed E-state index contributed by atoms with van der Waals surface area (Å²) in [4.78, 5) is 24.7. The summed E-state index contributed by atoms with van der Waals surface area (Å²) in [7, 11) is 0. The molecule has 1 fully saturated rings. The summed E-state index contributed by atoms with van der Waals surface area (Å²) in [6, 6.07) is 12.9. The second-order valence-corrected chi connectivity index (χ2v) is 6.73. The molecular weight excluding hydrogens is 314 g/mol. The molecule has 0 radical (unpaired) electrons. The van der Waals surface area contributed by atoms with E-state index in [0.29, 0.717) is 16.9 Å². The van der Waals surface area contributed by atoms with Crippen LogP contribution in [0, 0.1) is 19.8 Å². The number of aryl methyl sites for hydroxylation is 2. The Bertz CT molecular complexity index is 978. The standard InChI is InChI=1S/C21H19NO3/c1-12-3-5-14(6-4-12)19(23)20-13(2)17-11-16(9-10-18(17)25-20)22-21(24)15-7-8-15/h3-6,9-11,15H,7-8H2,1-2H3,(H,22,24). The Balaban J connectivity index is 1.68. The summed E-state index contributed by atoms with van der Waals surface area (Å²) in [5, 5.41) is 3.79. The lowest BCUT2D eigenvalue weighted by atomic mass is 10.0. The number of carbonyl (C=O) groups is 2. The zero-order valence-electron chi connectivity index (χ0n) is 14.3. The van der Waals surface area contributed by atoms with Crippen molar-refractivity contribution in [3.8, 4) is 0 Å². The maximum Gasteiger partial charge on any atom is 0.228 e. The van der Waals surface area contributed by atoms with Gasteiger partial charge >= 0.3 is 0 Å². The Kier molecular flexibility index (Phi) is 3.68. The number of ketones is 1. The van der Waals surface area contributed by atoms with Crippen LogP contribution in [-0.4, -0.2) is 11.7 Å². The number of carbonyl (C=O) groups excluding carboxylic acids is 2. The Morgan fingerprint density at radius 1 is 1.04 bits per heavy atom. The number of hydrogen-bond acceptors (Lipinski definition) is 3. The summed E-state index contributed by atoms with van der Waals surface area (Å²) < 4.78 is 5.80. The van der Waals surface area contributed by atoms with Crippen LogP contribution in [0.4, 0.5) is 5.69 Å². The summed E-state index contributed by atoms with van der Waals surface area (Å²) in [6.45, 7) is 3.86. The first-order chi connectivity index (χ1) is 12.0. The largest absolute Gasteiger partial charge is 0.452 e. The monoisotopic (exact) mass is 333 g/mol. The average molecular weight is 333 g/mol. The van der Waals surface area contributed by atoms with Crippen LogP contribution in [0.25, 0.3) is 11.0 Å². The molecule has 0 bridgehead atoms. The zero-order chi connectivity index (χ0) is 17.6. The molecule has 0 unspecified atom stereocenters. The van der Waals surface area contributed by atoms with Gasteiger partial charge in [0.1, 0.15) is 5.58 Å². The van der Waals surface area contributed by atoms with Gasteiger partial charge in [-0.1, -0.05) is 29.8 Å². The Labute approximate surface area is 145 Å². The lowest BCUT2D eigenvalue weighted by Gasteiger charge is -2.03. The van der Waals surface area contributed by atoms with Gasteiger partial charge < -0.3 is 9.73 Å². The molecule has 1 N–H and O–H groups in total. The number of furan rings is 1. The Hall–Kier alpha value is -2.88. The van der Waals surface area contributed by atoms with Crippen molar-refractivity contribution >= 4 is 28.3 Å². The van der Waals surface area contributed by atoms with Gasteiger partial charge in [0, 0.05) is 28.1 Å². The van der Waals surface area contributed by atoms with Gasteiger partial charge in [0.2, 0.25) is 11.7 Å². The predicted molar refractivity (Wildman–Crippen MR) is 96.9 cm³/mol. The van der Waals surface area contributed by atoms with E-state index >= 15 is 0 Å². The summed E-state index contributed by atoms with van der Waals surface area (Å²) in [6.07, 6.45) is 1.93. The van der Waals surface area contributed by atoms with Crippen LogP contribution in [0.15, 0.2) is 46.9 Å². The fourth-order valence-corrected chi connectivity index (χ4v) is 2.94. The fraction of sp³-hybridized carbons (Fsp3) is 0.238. The van der Waals surface area contributed by atoms with Crippen LogP contribution in [0.5, 0.6) is 0 Å². The minimum Gasteiger partial charge on any atom is -0.452 e. The minimum atomic E-state index is -0.128. The number of amides is 1. The third-order valence-electron chi connectivity index (χ3n) is 4.67. The third-order valence-corrected chi connectivity index (χ3v) is 4.67. The van der Waals surface area contributed by atoms with Crippen LogP contribution >= 0.6 is 0 Å². The quantitative estimate of drug-likeness (QED) is 0.708. The van der Waals surface area contributed by atoms with Crippen molar-refractivity contribution in [2.45, 2.75) is 26.7 Å². The van der Waals surface area contributed by atoms with Crippen LogP contribution in [0.3, 0.4) is 0 Å². The highest BCUT2D eigenvalue weighted by atomic mass is 16.3. The molecule has 0 aliphatic heterocycles. The van der Waals surface area contributed by atoms with Crippen molar-refractivity contribution in [2.75, 3.05) is 5.32 Å². The lowest BCUT2D eigenvalue weighted by molar-refractivity contribution is -0.117. The van der Waals surface area contributed by atoms with E-state index in [1.54, 1.807) is 6.07 Å². The smallest absolute Gasteiger partial charge is 0.228 e. The molecule has 1 amide bonds. The van der Waals surface area contributed by atoms with Gasteiger partial charge in [0.25, 0.3) is 0 Å². The van der Waals surface area contributed by atoms with E-state index in [0.717, 1.165) is 35.0 Å². The van der Waals surface area contributed by atoms with Crippen molar-refractivity contribution < 1.29 is 14.0 Å². The van der Waals surface area contributed by atoms with E-state index in [9.17, 15) is 9.59 Å². The van der Waals surface area contributed by atoms with Crippen LogP contribution in [0.2, 0.25) is 0 Å². The predicted octanol–water partition coefficient (Wildman–Crippen LogP) is 4.63. The molecule has 3 aromatic rings. The van der Waals surface area contributed by atoms with Crippen molar-refractivity contribution in [1.29, 1.82) is 0 Å². The van der Waals surface area contributed by atoms with E-state index in [1.807, 2.05) is 50.2 Å². The Morgan fingerprint density at radius 3 is 2.44 bits per heavy atom. The first kappa shape index (κ1) is 15.6. The molecule has 1 saturated carbocycles. The molecule has 4 nitrogen and oxygen atoms in total. The summed E-state index contributed by atoms with van der Waals surface area (Å²) in [5.74, 6) is 0.443. The molecule has 126 valence electrons. The van der Waals surface area contributed by atoms with Gasteiger partial charge in [-0.3, -0.25) is 9.59 Å². The fourth-order valence-electron chi connectivity index (χ4n) is 2.94. The topological polar surface area (TPSA) is 59.3 Å². The summed E-state index contributed by atoms with van der Waals surface area (Å²) in [5.41, 5.74) is 3.90. The highest BCUT2D eigenvalue weighted by molar-refractivity contribution is 6.10.